The third kappa shape index (κ3) is 4.00. The molecule has 2 aromatic carbocycles. The SMILES string of the molecule is CC(C)(c1ccccc1-c1ccc(F)cc1)C(C)(O)C(O)N1CCCCCC1. The number of likely N-dealkylation sites (tertiary alicyclic amines) is 1. The third-order valence-corrected chi connectivity index (χ3v) is 6.51. The van der Waals surface area contributed by atoms with Crippen LogP contribution in [0.4, 0.5) is 4.39 Å². The third-order valence-electron chi connectivity index (χ3n) is 6.51. The summed E-state index contributed by atoms with van der Waals surface area (Å²) >= 11 is 0. The number of hydrogen-bond donors (Lipinski definition) is 2. The Morgan fingerprint density at radius 3 is 2.07 bits per heavy atom. The van der Waals surface area contributed by atoms with Crippen molar-refractivity contribution in [2.75, 3.05) is 13.1 Å². The van der Waals surface area contributed by atoms with Crippen LogP contribution in [0.1, 0.15) is 52.0 Å². The van der Waals surface area contributed by atoms with Gasteiger partial charge < -0.3 is 10.2 Å². The molecule has 1 aliphatic heterocycles. The fourth-order valence-corrected chi connectivity index (χ4v) is 4.20. The molecular weight excluding hydrogens is 353 g/mol. The lowest BCUT2D eigenvalue weighted by Crippen LogP contribution is -2.60. The van der Waals surface area contributed by atoms with Crippen molar-refractivity contribution in [3.8, 4) is 11.1 Å². The van der Waals surface area contributed by atoms with Crippen molar-refractivity contribution in [2.24, 2.45) is 0 Å². The summed E-state index contributed by atoms with van der Waals surface area (Å²) in [6.07, 6.45) is 3.46. The van der Waals surface area contributed by atoms with E-state index in [9.17, 15) is 14.6 Å². The Bertz CT molecular complexity index is 777. The van der Waals surface area contributed by atoms with Gasteiger partial charge in [0, 0.05) is 18.5 Å². The van der Waals surface area contributed by atoms with Crippen molar-refractivity contribution in [2.45, 2.75) is 63.7 Å². The first-order chi connectivity index (χ1) is 13.2. The van der Waals surface area contributed by atoms with Crippen LogP contribution in [0, 0.1) is 5.82 Å². The molecule has 1 saturated heterocycles. The highest BCUT2D eigenvalue weighted by molar-refractivity contribution is 5.69. The highest BCUT2D eigenvalue weighted by atomic mass is 19.1. The summed E-state index contributed by atoms with van der Waals surface area (Å²) < 4.78 is 13.4. The fraction of sp³-hybridized carbons (Fsp3) is 0.500. The van der Waals surface area contributed by atoms with Crippen LogP contribution in [0.3, 0.4) is 0 Å². The fourth-order valence-electron chi connectivity index (χ4n) is 4.20. The monoisotopic (exact) mass is 385 g/mol. The van der Waals surface area contributed by atoms with E-state index >= 15 is 0 Å². The molecule has 3 rings (SSSR count). The van der Waals surface area contributed by atoms with Gasteiger partial charge in [0.25, 0.3) is 0 Å². The number of halogens is 1. The Morgan fingerprint density at radius 1 is 0.893 bits per heavy atom. The normalized spacial score (nSPS) is 19.6. The molecule has 3 nitrogen and oxygen atoms in total. The molecule has 152 valence electrons. The Hall–Kier alpha value is -1.75. The predicted molar refractivity (Wildman–Crippen MR) is 112 cm³/mol. The van der Waals surface area contributed by atoms with Crippen LogP contribution in [0.5, 0.6) is 0 Å². The van der Waals surface area contributed by atoms with Crippen molar-refractivity contribution in [3.05, 3.63) is 59.9 Å². The summed E-state index contributed by atoms with van der Waals surface area (Å²) in [5.41, 5.74) is 0.665. The largest absolute Gasteiger partial charge is 0.385 e. The molecule has 1 fully saturated rings. The first-order valence-corrected chi connectivity index (χ1v) is 10.2. The lowest BCUT2D eigenvalue weighted by Gasteiger charge is -2.47. The Morgan fingerprint density at radius 2 is 1.46 bits per heavy atom. The van der Waals surface area contributed by atoms with E-state index in [2.05, 4.69) is 0 Å². The molecule has 2 atom stereocenters. The second-order valence-corrected chi connectivity index (χ2v) is 8.65. The first-order valence-electron chi connectivity index (χ1n) is 10.2. The minimum Gasteiger partial charge on any atom is -0.385 e. The predicted octanol–water partition coefficient (Wildman–Crippen LogP) is 4.72. The maximum atomic E-state index is 13.4. The molecule has 28 heavy (non-hydrogen) atoms. The standard InChI is InChI=1S/C24H32FNO2/c1-23(2,24(3,28)22(27)26-16-8-4-5-9-17-26)21-11-7-6-10-20(21)18-12-14-19(25)15-13-18/h6-7,10-15,22,27-28H,4-5,8-9,16-17H2,1-3H3. The van der Waals surface area contributed by atoms with Crippen LogP contribution in [-0.2, 0) is 5.41 Å². The molecule has 1 heterocycles. The van der Waals surface area contributed by atoms with E-state index in [4.69, 9.17) is 0 Å². The van der Waals surface area contributed by atoms with Crippen LogP contribution in [0.2, 0.25) is 0 Å². The molecule has 0 aliphatic carbocycles. The molecule has 4 heteroatoms. The van der Waals surface area contributed by atoms with Crippen molar-refractivity contribution in [3.63, 3.8) is 0 Å². The summed E-state index contributed by atoms with van der Waals surface area (Å²) in [5.74, 6) is -0.274. The first kappa shape index (κ1) is 21.0. The summed E-state index contributed by atoms with van der Waals surface area (Å²) in [6.45, 7) is 7.26. The lowest BCUT2D eigenvalue weighted by atomic mass is 9.67. The van der Waals surface area contributed by atoms with Gasteiger partial charge in [0.05, 0.1) is 0 Å². The van der Waals surface area contributed by atoms with Gasteiger partial charge in [0.1, 0.15) is 17.6 Å². The van der Waals surface area contributed by atoms with E-state index in [0.717, 1.165) is 42.6 Å². The number of aliphatic hydroxyl groups excluding tert-OH is 1. The van der Waals surface area contributed by atoms with Crippen molar-refractivity contribution < 1.29 is 14.6 Å². The number of aliphatic hydroxyl groups is 2. The Balaban J connectivity index is 1.98. The van der Waals surface area contributed by atoms with E-state index in [1.165, 1.54) is 25.0 Å². The van der Waals surface area contributed by atoms with E-state index in [0.29, 0.717) is 0 Å². The number of nitrogens with zero attached hydrogens (tertiary/aromatic N) is 1. The van der Waals surface area contributed by atoms with Crippen molar-refractivity contribution >= 4 is 0 Å². The summed E-state index contributed by atoms with van der Waals surface area (Å²) in [4.78, 5) is 2.01. The van der Waals surface area contributed by atoms with Gasteiger partial charge in [-0.1, -0.05) is 63.1 Å². The van der Waals surface area contributed by atoms with Crippen molar-refractivity contribution in [1.82, 2.24) is 4.90 Å². The van der Waals surface area contributed by atoms with E-state index in [1.807, 2.05) is 43.0 Å². The average Bonchev–Trinajstić information content (AvgIpc) is 2.97. The van der Waals surface area contributed by atoms with E-state index in [1.54, 1.807) is 19.1 Å². The van der Waals surface area contributed by atoms with Crippen molar-refractivity contribution in [1.29, 1.82) is 0 Å². The maximum absolute atomic E-state index is 13.4. The average molecular weight is 386 g/mol. The number of hydrogen-bond acceptors (Lipinski definition) is 3. The Kier molecular flexibility index (Phi) is 6.23. The zero-order chi connectivity index (χ0) is 20.4. The molecule has 0 spiro atoms. The molecular formula is C24H32FNO2. The van der Waals surface area contributed by atoms with Crippen LogP contribution in [-0.4, -0.2) is 40.0 Å². The molecule has 2 N–H and O–H groups in total. The maximum Gasteiger partial charge on any atom is 0.137 e. The topological polar surface area (TPSA) is 43.7 Å². The van der Waals surface area contributed by atoms with Crippen LogP contribution in [0.15, 0.2) is 48.5 Å². The minimum atomic E-state index is -1.37. The van der Waals surface area contributed by atoms with Gasteiger partial charge in [-0.3, -0.25) is 4.90 Å². The highest BCUT2D eigenvalue weighted by Gasteiger charge is 2.49. The van der Waals surface area contributed by atoms with E-state index < -0.39 is 17.2 Å². The highest BCUT2D eigenvalue weighted by Crippen LogP contribution is 2.42. The molecule has 2 unspecified atom stereocenters. The number of rotatable bonds is 5. The number of benzene rings is 2. The molecule has 0 saturated carbocycles. The second kappa shape index (κ2) is 8.32. The second-order valence-electron chi connectivity index (χ2n) is 8.65. The molecule has 0 amide bonds. The van der Waals surface area contributed by atoms with Gasteiger partial charge in [-0.05, 0) is 48.6 Å². The van der Waals surface area contributed by atoms with Gasteiger partial charge in [0.15, 0.2) is 0 Å². The molecule has 0 aromatic heterocycles. The van der Waals surface area contributed by atoms with Gasteiger partial charge in [-0.15, -0.1) is 0 Å². The van der Waals surface area contributed by atoms with Crippen LogP contribution < -0.4 is 0 Å². The summed E-state index contributed by atoms with van der Waals surface area (Å²) in [7, 11) is 0. The van der Waals surface area contributed by atoms with Crippen LogP contribution in [0.25, 0.3) is 11.1 Å². The van der Waals surface area contributed by atoms with Gasteiger partial charge in [-0.25, -0.2) is 4.39 Å². The van der Waals surface area contributed by atoms with Gasteiger partial charge in [0.2, 0.25) is 0 Å². The smallest absolute Gasteiger partial charge is 0.137 e. The van der Waals surface area contributed by atoms with Gasteiger partial charge >= 0.3 is 0 Å². The van der Waals surface area contributed by atoms with Crippen LogP contribution >= 0.6 is 0 Å². The molecule has 1 aliphatic rings. The zero-order valence-corrected chi connectivity index (χ0v) is 17.2. The Labute approximate surface area is 167 Å². The summed E-state index contributed by atoms with van der Waals surface area (Å²) in [5, 5.41) is 22.7. The van der Waals surface area contributed by atoms with Gasteiger partial charge in [-0.2, -0.15) is 0 Å². The van der Waals surface area contributed by atoms with E-state index in [-0.39, 0.29) is 5.82 Å². The quantitative estimate of drug-likeness (QED) is 0.783. The summed E-state index contributed by atoms with van der Waals surface area (Å²) in [6, 6.07) is 14.3. The minimum absolute atomic E-state index is 0.274. The molecule has 0 bridgehead atoms. The zero-order valence-electron chi connectivity index (χ0n) is 17.2. The lowest BCUT2D eigenvalue weighted by molar-refractivity contribution is -0.170. The molecule has 0 radical (unpaired) electrons. The molecule has 2 aromatic rings.